The van der Waals surface area contributed by atoms with Gasteiger partial charge in [0.2, 0.25) is 5.91 Å². The van der Waals surface area contributed by atoms with Crippen molar-refractivity contribution in [2.45, 2.75) is 32.1 Å². The predicted octanol–water partition coefficient (Wildman–Crippen LogP) is 2.15. The number of hydrogen-bond acceptors (Lipinski definition) is 3. The van der Waals surface area contributed by atoms with Crippen molar-refractivity contribution >= 4 is 5.91 Å². The molecule has 4 nitrogen and oxygen atoms in total. The van der Waals surface area contributed by atoms with Crippen molar-refractivity contribution in [1.82, 2.24) is 5.32 Å². The lowest BCUT2D eigenvalue weighted by molar-refractivity contribution is -0.120. The van der Waals surface area contributed by atoms with Crippen LogP contribution in [-0.4, -0.2) is 31.3 Å². The molecule has 0 saturated heterocycles. The van der Waals surface area contributed by atoms with Gasteiger partial charge in [-0.1, -0.05) is 25.0 Å². The summed E-state index contributed by atoms with van der Waals surface area (Å²) >= 11 is 0. The minimum Gasteiger partial charge on any atom is -0.497 e. The molecule has 1 aliphatic carbocycles. The summed E-state index contributed by atoms with van der Waals surface area (Å²) in [5.74, 6) is 1.56. The normalized spacial score (nSPS) is 21.8. The molecule has 1 fully saturated rings. The van der Waals surface area contributed by atoms with E-state index in [4.69, 9.17) is 4.74 Å². The second kappa shape index (κ2) is 8.03. The Kier molecular flexibility index (Phi) is 6.05. The minimum atomic E-state index is 0.0329. The van der Waals surface area contributed by atoms with Gasteiger partial charge in [-0.15, -0.1) is 0 Å². The van der Waals surface area contributed by atoms with Crippen molar-refractivity contribution in [2.24, 2.45) is 11.8 Å². The topological polar surface area (TPSA) is 58.6 Å². The Labute approximate surface area is 126 Å². The summed E-state index contributed by atoms with van der Waals surface area (Å²) in [6.07, 6.45) is 4.94. The van der Waals surface area contributed by atoms with Crippen LogP contribution in [0.5, 0.6) is 5.75 Å². The van der Waals surface area contributed by atoms with Crippen molar-refractivity contribution in [3.63, 3.8) is 0 Å². The van der Waals surface area contributed by atoms with Gasteiger partial charge in [-0.25, -0.2) is 0 Å². The molecular weight excluding hydrogens is 266 g/mol. The molecule has 1 aromatic rings. The monoisotopic (exact) mass is 291 g/mol. The number of benzene rings is 1. The van der Waals surface area contributed by atoms with Gasteiger partial charge in [0.1, 0.15) is 5.75 Å². The minimum absolute atomic E-state index is 0.0329. The van der Waals surface area contributed by atoms with Gasteiger partial charge in [0.05, 0.1) is 13.5 Å². The summed E-state index contributed by atoms with van der Waals surface area (Å²) in [7, 11) is 1.62. The van der Waals surface area contributed by atoms with Gasteiger partial charge in [-0.2, -0.15) is 0 Å². The Balaban J connectivity index is 1.81. The van der Waals surface area contributed by atoms with E-state index >= 15 is 0 Å². The molecule has 4 heteroatoms. The van der Waals surface area contributed by atoms with E-state index in [1.807, 2.05) is 24.3 Å². The maximum atomic E-state index is 12.0. The van der Waals surface area contributed by atoms with Gasteiger partial charge >= 0.3 is 0 Å². The van der Waals surface area contributed by atoms with E-state index in [0.29, 0.717) is 24.8 Å². The number of hydrogen-bond donors (Lipinski definition) is 2. The van der Waals surface area contributed by atoms with Crippen LogP contribution in [0, 0.1) is 11.8 Å². The quantitative estimate of drug-likeness (QED) is 0.844. The number of aliphatic hydroxyl groups is 1. The Morgan fingerprint density at radius 3 is 2.81 bits per heavy atom. The number of amides is 1. The first-order valence-corrected chi connectivity index (χ1v) is 7.73. The molecule has 116 valence electrons. The zero-order chi connectivity index (χ0) is 15.1. The summed E-state index contributed by atoms with van der Waals surface area (Å²) in [4.78, 5) is 12.0. The SMILES string of the molecule is COc1cccc(CC(=O)NCC2CCCCC2CO)c1. The highest BCUT2D eigenvalue weighted by Gasteiger charge is 2.24. The summed E-state index contributed by atoms with van der Waals surface area (Å²) in [5, 5.41) is 12.4. The lowest BCUT2D eigenvalue weighted by Gasteiger charge is -2.30. The third-order valence-electron chi connectivity index (χ3n) is 4.36. The molecule has 2 rings (SSSR count). The highest BCUT2D eigenvalue weighted by Crippen LogP contribution is 2.29. The zero-order valence-corrected chi connectivity index (χ0v) is 12.7. The van der Waals surface area contributed by atoms with Gasteiger partial charge < -0.3 is 15.2 Å². The molecule has 1 aliphatic rings. The van der Waals surface area contributed by atoms with Crippen LogP contribution in [0.4, 0.5) is 0 Å². The molecule has 21 heavy (non-hydrogen) atoms. The predicted molar refractivity (Wildman–Crippen MR) is 82.2 cm³/mol. The van der Waals surface area contributed by atoms with Gasteiger partial charge in [0.15, 0.2) is 0 Å². The number of ether oxygens (including phenoxy) is 1. The van der Waals surface area contributed by atoms with E-state index in [9.17, 15) is 9.90 Å². The first-order valence-electron chi connectivity index (χ1n) is 7.73. The van der Waals surface area contributed by atoms with Crippen LogP contribution in [0.1, 0.15) is 31.2 Å². The molecule has 0 aromatic heterocycles. The highest BCUT2D eigenvalue weighted by atomic mass is 16.5. The Morgan fingerprint density at radius 2 is 2.10 bits per heavy atom. The molecule has 2 N–H and O–H groups in total. The second-order valence-corrected chi connectivity index (χ2v) is 5.82. The largest absolute Gasteiger partial charge is 0.497 e. The molecule has 1 amide bonds. The lowest BCUT2D eigenvalue weighted by atomic mass is 9.79. The zero-order valence-electron chi connectivity index (χ0n) is 12.7. The third-order valence-corrected chi connectivity index (χ3v) is 4.36. The lowest BCUT2D eigenvalue weighted by Crippen LogP contribution is -2.36. The second-order valence-electron chi connectivity index (χ2n) is 5.82. The number of rotatable bonds is 6. The number of methoxy groups -OCH3 is 1. The summed E-state index contributed by atoms with van der Waals surface area (Å²) < 4.78 is 5.16. The van der Waals surface area contributed by atoms with Gasteiger partial charge in [-0.05, 0) is 42.4 Å². The van der Waals surface area contributed by atoms with Crippen molar-refractivity contribution in [3.05, 3.63) is 29.8 Å². The smallest absolute Gasteiger partial charge is 0.224 e. The number of aliphatic hydroxyl groups excluding tert-OH is 1. The summed E-state index contributed by atoms with van der Waals surface area (Å²) in [6, 6.07) is 7.58. The molecule has 0 aliphatic heterocycles. The van der Waals surface area contributed by atoms with Crippen LogP contribution in [0.15, 0.2) is 24.3 Å². The van der Waals surface area contributed by atoms with Crippen LogP contribution < -0.4 is 10.1 Å². The number of nitrogens with one attached hydrogen (secondary N) is 1. The summed E-state index contributed by atoms with van der Waals surface area (Å²) in [5.41, 5.74) is 0.953. The first-order chi connectivity index (χ1) is 10.2. The maximum absolute atomic E-state index is 12.0. The standard InChI is InChI=1S/C17H25NO3/c1-21-16-8-4-5-13(9-16)10-17(20)18-11-14-6-2-3-7-15(14)12-19/h4-5,8-9,14-15,19H,2-3,6-7,10-12H2,1H3,(H,18,20). The van der Waals surface area contributed by atoms with Gasteiger partial charge in [-0.3, -0.25) is 4.79 Å². The Hall–Kier alpha value is -1.55. The molecule has 0 radical (unpaired) electrons. The first kappa shape index (κ1) is 15.8. The average molecular weight is 291 g/mol. The van der Waals surface area contributed by atoms with Crippen LogP contribution >= 0.6 is 0 Å². The molecule has 1 aromatic carbocycles. The molecular formula is C17H25NO3. The molecule has 0 bridgehead atoms. The summed E-state index contributed by atoms with van der Waals surface area (Å²) in [6.45, 7) is 0.907. The van der Waals surface area contributed by atoms with E-state index in [0.717, 1.165) is 24.2 Å². The fourth-order valence-electron chi connectivity index (χ4n) is 3.07. The molecule has 2 unspecified atom stereocenters. The third kappa shape index (κ3) is 4.74. The maximum Gasteiger partial charge on any atom is 0.224 e. The van der Waals surface area contributed by atoms with E-state index in [1.54, 1.807) is 7.11 Å². The highest BCUT2D eigenvalue weighted by molar-refractivity contribution is 5.78. The van der Waals surface area contributed by atoms with E-state index < -0.39 is 0 Å². The van der Waals surface area contributed by atoms with Gasteiger partial charge in [0.25, 0.3) is 0 Å². The van der Waals surface area contributed by atoms with Crippen LogP contribution in [0.3, 0.4) is 0 Å². The van der Waals surface area contributed by atoms with E-state index in [2.05, 4.69) is 5.32 Å². The Bertz CT molecular complexity index is 461. The van der Waals surface area contributed by atoms with Crippen molar-refractivity contribution in [2.75, 3.05) is 20.3 Å². The van der Waals surface area contributed by atoms with Crippen molar-refractivity contribution in [1.29, 1.82) is 0 Å². The van der Waals surface area contributed by atoms with Crippen LogP contribution in [-0.2, 0) is 11.2 Å². The van der Waals surface area contributed by atoms with E-state index in [-0.39, 0.29) is 12.5 Å². The number of carbonyl (C=O) groups excluding carboxylic acids is 1. The molecule has 0 heterocycles. The Morgan fingerprint density at radius 1 is 1.33 bits per heavy atom. The fourth-order valence-corrected chi connectivity index (χ4v) is 3.07. The molecule has 1 saturated carbocycles. The van der Waals surface area contributed by atoms with Crippen LogP contribution in [0.2, 0.25) is 0 Å². The fraction of sp³-hybridized carbons (Fsp3) is 0.588. The van der Waals surface area contributed by atoms with Gasteiger partial charge in [0, 0.05) is 13.2 Å². The van der Waals surface area contributed by atoms with Crippen molar-refractivity contribution in [3.8, 4) is 5.75 Å². The van der Waals surface area contributed by atoms with Crippen molar-refractivity contribution < 1.29 is 14.6 Å². The molecule has 0 spiro atoms. The van der Waals surface area contributed by atoms with Crippen LogP contribution in [0.25, 0.3) is 0 Å². The van der Waals surface area contributed by atoms with E-state index in [1.165, 1.54) is 12.8 Å². The number of carbonyl (C=O) groups is 1. The molecule has 2 atom stereocenters. The average Bonchev–Trinajstić information content (AvgIpc) is 2.53.